The van der Waals surface area contributed by atoms with Gasteiger partial charge in [0.05, 0.1) is 11.5 Å². The molecule has 1 aromatic carbocycles. The highest BCUT2D eigenvalue weighted by Gasteiger charge is 2.29. The molecule has 1 fully saturated rings. The van der Waals surface area contributed by atoms with Gasteiger partial charge in [0.15, 0.2) is 0 Å². The van der Waals surface area contributed by atoms with Gasteiger partial charge in [0.25, 0.3) is 0 Å². The Balaban J connectivity index is 1.58. The van der Waals surface area contributed by atoms with E-state index in [1.807, 2.05) is 42.6 Å². The molecule has 2 atom stereocenters. The summed E-state index contributed by atoms with van der Waals surface area (Å²) >= 11 is 0. The minimum atomic E-state index is -0.439. The molecule has 5 nitrogen and oxygen atoms in total. The number of aromatic nitrogens is 3. The zero-order chi connectivity index (χ0) is 15.6. The summed E-state index contributed by atoms with van der Waals surface area (Å²) in [7, 11) is 0. The van der Waals surface area contributed by atoms with Crippen LogP contribution in [0.2, 0.25) is 0 Å². The molecule has 0 saturated carbocycles. The molecule has 118 valence electrons. The molecule has 2 N–H and O–H groups in total. The van der Waals surface area contributed by atoms with Crippen molar-refractivity contribution in [2.24, 2.45) is 0 Å². The number of hydrogen-bond donors (Lipinski definition) is 2. The van der Waals surface area contributed by atoms with E-state index in [0.29, 0.717) is 6.04 Å². The van der Waals surface area contributed by atoms with Gasteiger partial charge in [-0.2, -0.15) is 0 Å². The second-order valence-corrected chi connectivity index (χ2v) is 6.09. The maximum atomic E-state index is 10.6. The van der Waals surface area contributed by atoms with Crippen LogP contribution >= 0.6 is 0 Å². The van der Waals surface area contributed by atoms with E-state index in [1.165, 1.54) is 0 Å². The lowest BCUT2D eigenvalue weighted by Gasteiger charge is -2.28. The Morgan fingerprint density at radius 1 is 1.22 bits per heavy atom. The molecule has 3 aromatic rings. The van der Waals surface area contributed by atoms with Crippen LogP contribution in [0, 0.1) is 0 Å². The smallest absolute Gasteiger partial charge is 0.142 e. The van der Waals surface area contributed by atoms with E-state index in [4.69, 9.17) is 0 Å². The first-order chi connectivity index (χ1) is 11.3. The number of nitrogens with one attached hydrogen (secondary N) is 1. The van der Waals surface area contributed by atoms with Crippen LogP contribution in [0.15, 0.2) is 48.9 Å². The molecule has 1 saturated heterocycles. The minimum absolute atomic E-state index is 0.304. The molecule has 0 radical (unpaired) electrons. The number of aromatic amines is 1. The molecule has 5 heteroatoms. The van der Waals surface area contributed by atoms with Crippen molar-refractivity contribution in [3.05, 3.63) is 54.5 Å². The molecular weight excluding hydrogens is 288 g/mol. The normalized spacial score (nSPS) is 19.3. The van der Waals surface area contributed by atoms with Crippen LogP contribution in [-0.4, -0.2) is 32.6 Å². The van der Waals surface area contributed by atoms with Crippen LogP contribution in [0.5, 0.6) is 0 Å². The number of aliphatic hydroxyl groups excluding tert-OH is 1. The first-order valence-electron chi connectivity index (χ1n) is 8.10. The van der Waals surface area contributed by atoms with Crippen molar-refractivity contribution >= 4 is 16.9 Å². The Labute approximate surface area is 135 Å². The van der Waals surface area contributed by atoms with Gasteiger partial charge in [-0.3, -0.25) is 0 Å². The number of benzene rings is 1. The monoisotopic (exact) mass is 308 g/mol. The van der Waals surface area contributed by atoms with Crippen molar-refractivity contribution in [2.75, 3.05) is 11.4 Å². The van der Waals surface area contributed by atoms with Crippen molar-refractivity contribution in [3.63, 3.8) is 0 Å². The summed E-state index contributed by atoms with van der Waals surface area (Å²) < 4.78 is 0. The number of H-pyrrole nitrogens is 1. The molecular formula is C18H20N4O. The average Bonchev–Trinajstić information content (AvgIpc) is 3.24. The molecule has 0 bridgehead atoms. The third kappa shape index (κ3) is 2.68. The van der Waals surface area contributed by atoms with Crippen LogP contribution < -0.4 is 4.90 Å². The number of rotatable bonds is 4. The molecule has 0 spiro atoms. The van der Waals surface area contributed by atoms with E-state index in [0.717, 1.165) is 48.2 Å². The number of anilines is 1. The first kappa shape index (κ1) is 14.2. The van der Waals surface area contributed by atoms with Gasteiger partial charge >= 0.3 is 0 Å². The van der Waals surface area contributed by atoms with E-state index in [1.54, 1.807) is 6.33 Å². The second-order valence-electron chi connectivity index (χ2n) is 6.09. The van der Waals surface area contributed by atoms with Crippen molar-refractivity contribution in [1.29, 1.82) is 0 Å². The van der Waals surface area contributed by atoms with Crippen molar-refractivity contribution in [2.45, 2.75) is 31.4 Å². The molecule has 3 heterocycles. The summed E-state index contributed by atoms with van der Waals surface area (Å²) in [5, 5.41) is 11.6. The molecule has 1 aliphatic rings. The summed E-state index contributed by atoms with van der Waals surface area (Å²) in [6.07, 6.45) is 6.00. The summed E-state index contributed by atoms with van der Waals surface area (Å²) in [6, 6.07) is 12.2. The molecule has 0 amide bonds. The van der Waals surface area contributed by atoms with E-state index in [9.17, 15) is 5.11 Å². The highest BCUT2D eigenvalue weighted by molar-refractivity contribution is 5.87. The number of aliphatic hydroxyl groups is 1. The predicted octanol–water partition coefficient (Wildman–Crippen LogP) is 3.05. The summed E-state index contributed by atoms with van der Waals surface area (Å²) in [5.41, 5.74) is 1.85. The van der Waals surface area contributed by atoms with Crippen LogP contribution in [0.25, 0.3) is 11.0 Å². The Morgan fingerprint density at radius 3 is 2.96 bits per heavy atom. The van der Waals surface area contributed by atoms with Crippen molar-refractivity contribution in [3.8, 4) is 0 Å². The van der Waals surface area contributed by atoms with Crippen LogP contribution in [0.1, 0.15) is 30.9 Å². The second kappa shape index (κ2) is 6.01. The molecule has 0 aliphatic carbocycles. The lowest BCUT2D eigenvalue weighted by atomic mass is 10.0. The SMILES string of the molecule is OC(CC1CCCN1c1ncnc2[nH]ccc12)c1ccccc1. The lowest BCUT2D eigenvalue weighted by molar-refractivity contribution is 0.158. The van der Waals surface area contributed by atoms with Crippen LogP contribution in [0.3, 0.4) is 0 Å². The Bertz CT molecular complexity index is 786. The predicted molar refractivity (Wildman–Crippen MR) is 90.3 cm³/mol. The van der Waals surface area contributed by atoms with Gasteiger partial charge in [0, 0.05) is 18.8 Å². The number of nitrogens with zero attached hydrogens (tertiary/aromatic N) is 3. The first-order valence-corrected chi connectivity index (χ1v) is 8.10. The van der Waals surface area contributed by atoms with Gasteiger partial charge in [0.2, 0.25) is 0 Å². The van der Waals surface area contributed by atoms with E-state index in [-0.39, 0.29) is 0 Å². The fraction of sp³-hybridized carbons (Fsp3) is 0.333. The van der Waals surface area contributed by atoms with Gasteiger partial charge in [-0.1, -0.05) is 30.3 Å². The summed E-state index contributed by atoms with van der Waals surface area (Å²) in [4.78, 5) is 14.2. The summed E-state index contributed by atoms with van der Waals surface area (Å²) in [6.45, 7) is 0.976. The van der Waals surface area contributed by atoms with Gasteiger partial charge in [-0.25, -0.2) is 9.97 Å². The zero-order valence-electron chi connectivity index (χ0n) is 12.9. The molecule has 23 heavy (non-hydrogen) atoms. The average molecular weight is 308 g/mol. The Kier molecular flexibility index (Phi) is 3.71. The quantitative estimate of drug-likeness (QED) is 0.777. The van der Waals surface area contributed by atoms with Gasteiger partial charge < -0.3 is 15.0 Å². The molecule has 2 unspecified atom stereocenters. The zero-order valence-corrected chi connectivity index (χ0v) is 12.9. The molecule has 2 aromatic heterocycles. The van der Waals surface area contributed by atoms with Gasteiger partial charge in [0.1, 0.15) is 17.8 Å². The van der Waals surface area contributed by atoms with E-state index >= 15 is 0 Å². The number of hydrogen-bond acceptors (Lipinski definition) is 4. The largest absolute Gasteiger partial charge is 0.388 e. The third-order valence-corrected chi connectivity index (χ3v) is 4.66. The Morgan fingerprint density at radius 2 is 2.09 bits per heavy atom. The minimum Gasteiger partial charge on any atom is -0.388 e. The van der Waals surface area contributed by atoms with Crippen molar-refractivity contribution < 1.29 is 5.11 Å². The topological polar surface area (TPSA) is 65.0 Å². The Hall–Kier alpha value is -2.40. The summed E-state index contributed by atoms with van der Waals surface area (Å²) in [5.74, 6) is 0.971. The molecule has 4 rings (SSSR count). The standard InChI is InChI=1S/C18H20N4O/c23-16(13-5-2-1-3-6-13)11-14-7-4-10-22(14)18-15-8-9-19-17(15)20-12-21-18/h1-3,5-6,8-9,12,14,16,23H,4,7,10-11H2,(H,19,20,21). The van der Waals surface area contributed by atoms with E-state index < -0.39 is 6.10 Å². The fourth-order valence-electron chi connectivity index (χ4n) is 3.52. The van der Waals surface area contributed by atoms with Crippen molar-refractivity contribution in [1.82, 2.24) is 15.0 Å². The maximum Gasteiger partial charge on any atom is 0.142 e. The molecule has 1 aliphatic heterocycles. The fourth-order valence-corrected chi connectivity index (χ4v) is 3.52. The van der Waals surface area contributed by atoms with Crippen LogP contribution in [0.4, 0.5) is 5.82 Å². The highest BCUT2D eigenvalue weighted by Crippen LogP contribution is 2.33. The van der Waals surface area contributed by atoms with Crippen LogP contribution in [-0.2, 0) is 0 Å². The highest BCUT2D eigenvalue weighted by atomic mass is 16.3. The number of fused-ring (bicyclic) bond motifs is 1. The maximum absolute atomic E-state index is 10.6. The lowest BCUT2D eigenvalue weighted by Crippen LogP contribution is -2.31. The third-order valence-electron chi connectivity index (χ3n) is 4.66. The van der Waals surface area contributed by atoms with Gasteiger partial charge in [-0.05, 0) is 30.9 Å². The van der Waals surface area contributed by atoms with E-state index in [2.05, 4.69) is 19.9 Å². The van der Waals surface area contributed by atoms with Gasteiger partial charge in [-0.15, -0.1) is 0 Å².